The van der Waals surface area contributed by atoms with E-state index in [9.17, 15) is 4.79 Å². The van der Waals surface area contributed by atoms with E-state index in [1.54, 1.807) is 0 Å². The molecule has 0 bridgehead atoms. The summed E-state index contributed by atoms with van der Waals surface area (Å²) in [6, 6.07) is 6.33. The van der Waals surface area contributed by atoms with Gasteiger partial charge in [-0.15, -0.1) is 0 Å². The third kappa shape index (κ3) is 3.94. The topological polar surface area (TPSA) is 20.3 Å². The minimum absolute atomic E-state index is 0.150. The van der Waals surface area contributed by atoms with Crippen molar-refractivity contribution in [2.24, 2.45) is 0 Å². The highest BCUT2D eigenvalue weighted by Crippen LogP contribution is 2.27. The molecule has 0 spiro atoms. The van der Waals surface area contributed by atoms with Crippen molar-refractivity contribution >= 4 is 60.4 Å². The Morgan fingerprint density at radius 1 is 1.37 bits per heavy atom. The van der Waals surface area contributed by atoms with E-state index in [0.29, 0.717) is 6.04 Å². The summed E-state index contributed by atoms with van der Waals surface area (Å²) < 4.78 is 1.98. The highest BCUT2D eigenvalue weighted by molar-refractivity contribution is 14.1. The lowest BCUT2D eigenvalue weighted by Gasteiger charge is -2.29. The van der Waals surface area contributed by atoms with E-state index in [-0.39, 0.29) is 5.91 Å². The summed E-state index contributed by atoms with van der Waals surface area (Å²) >= 11 is 9.21. The van der Waals surface area contributed by atoms with Crippen LogP contribution in [0, 0.1) is 3.57 Å². The van der Waals surface area contributed by atoms with Crippen molar-refractivity contribution in [3.63, 3.8) is 0 Å². The van der Waals surface area contributed by atoms with Gasteiger partial charge in [-0.25, -0.2) is 0 Å². The molecule has 1 aliphatic rings. The second-order valence-corrected chi connectivity index (χ2v) is 7.64. The largest absolute Gasteiger partial charge is 0.335 e. The first-order valence-electron chi connectivity index (χ1n) is 6.45. The summed E-state index contributed by atoms with van der Waals surface area (Å²) in [7, 11) is 0. The first-order chi connectivity index (χ1) is 9.13. The number of nitrogens with zero attached hydrogens (tertiary/aromatic N) is 1. The third-order valence-corrected chi connectivity index (χ3v) is 5.23. The van der Waals surface area contributed by atoms with E-state index in [4.69, 9.17) is 0 Å². The first-order valence-corrected chi connectivity index (χ1v) is 9.45. The first kappa shape index (κ1) is 15.8. The van der Waals surface area contributed by atoms with Gasteiger partial charge in [0, 0.05) is 26.0 Å². The van der Waals surface area contributed by atoms with Crippen LogP contribution in [-0.4, -0.2) is 28.7 Å². The minimum Gasteiger partial charge on any atom is -0.335 e. The Labute approximate surface area is 144 Å². The van der Waals surface area contributed by atoms with Crippen LogP contribution >= 0.6 is 54.5 Å². The van der Waals surface area contributed by atoms with Crippen LogP contribution in [0.3, 0.4) is 0 Å². The molecule has 1 aromatic carbocycles. The van der Waals surface area contributed by atoms with Crippen molar-refractivity contribution in [2.45, 2.75) is 31.7 Å². The van der Waals surface area contributed by atoms with Crippen LogP contribution in [0.1, 0.15) is 36.0 Å². The molecular formula is C14H16Br2INO. The molecule has 0 radical (unpaired) electrons. The quantitative estimate of drug-likeness (QED) is 0.428. The lowest BCUT2D eigenvalue weighted by molar-refractivity contribution is 0.0695. The van der Waals surface area contributed by atoms with Crippen molar-refractivity contribution in [3.05, 3.63) is 31.8 Å². The molecule has 0 atom stereocenters. The zero-order valence-electron chi connectivity index (χ0n) is 10.5. The van der Waals surface area contributed by atoms with Gasteiger partial charge in [-0.05, 0) is 69.6 Å². The van der Waals surface area contributed by atoms with Gasteiger partial charge in [0.15, 0.2) is 0 Å². The second-order valence-electron chi connectivity index (χ2n) is 4.75. The fourth-order valence-corrected chi connectivity index (χ4v) is 3.86. The van der Waals surface area contributed by atoms with Gasteiger partial charge >= 0.3 is 0 Å². The van der Waals surface area contributed by atoms with E-state index in [1.807, 2.05) is 23.1 Å². The second kappa shape index (κ2) is 7.41. The summed E-state index contributed by atoms with van der Waals surface area (Å²) in [5.41, 5.74) is 0.778. The lowest BCUT2D eigenvalue weighted by Crippen LogP contribution is -2.40. The fraction of sp³-hybridized carbons (Fsp3) is 0.500. The van der Waals surface area contributed by atoms with Crippen LogP contribution in [0.5, 0.6) is 0 Å². The summed E-state index contributed by atoms with van der Waals surface area (Å²) in [6.45, 7) is 0.779. The smallest absolute Gasteiger partial charge is 0.255 e. The maximum absolute atomic E-state index is 12.8. The Morgan fingerprint density at radius 3 is 2.68 bits per heavy atom. The number of hydrogen-bond donors (Lipinski definition) is 0. The number of alkyl halides is 1. The van der Waals surface area contributed by atoms with Crippen LogP contribution in [0.2, 0.25) is 0 Å². The molecule has 19 heavy (non-hydrogen) atoms. The molecule has 1 aliphatic carbocycles. The number of halogens is 3. The van der Waals surface area contributed by atoms with Crippen LogP contribution < -0.4 is 0 Å². The molecule has 0 aliphatic heterocycles. The predicted molar refractivity (Wildman–Crippen MR) is 93.9 cm³/mol. The van der Waals surface area contributed by atoms with Crippen molar-refractivity contribution in [2.75, 3.05) is 11.9 Å². The Hall–Kier alpha value is 0.380. The molecule has 0 heterocycles. The molecule has 0 saturated heterocycles. The van der Waals surface area contributed by atoms with Crippen molar-refractivity contribution in [3.8, 4) is 0 Å². The molecule has 0 aromatic heterocycles. The number of rotatable bonds is 4. The molecule has 1 fully saturated rings. The van der Waals surface area contributed by atoms with Gasteiger partial charge in [0.2, 0.25) is 0 Å². The van der Waals surface area contributed by atoms with Crippen LogP contribution in [0.15, 0.2) is 22.7 Å². The van der Waals surface area contributed by atoms with Gasteiger partial charge in [-0.2, -0.15) is 0 Å². The summed E-state index contributed by atoms with van der Waals surface area (Å²) in [5, 5.41) is 0.830. The number of benzene rings is 1. The normalized spacial score (nSPS) is 15.7. The molecule has 2 rings (SSSR count). The minimum atomic E-state index is 0.150. The number of amides is 1. The molecule has 1 amide bonds. The Balaban J connectivity index is 2.25. The van der Waals surface area contributed by atoms with Gasteiger partial charge in [-0.3, -0.25) is 4.79 Å². The van der Waals surface area contributed by atoms with E-state index in [0.717, 1.165) is 38.3 Å². The molecular weight excluding hydrogens is 485 g/mol. The standard InChI is InChI=1S/C14H16Br2INO/c15-7-8-18(11-3-1-2-4-11)14(19)12-9-10(17)5-6-13(12)16/h5-6,9,11H,1-4,7-8H2. The van der Waals surface area contributed by atoms with Crippen LogP contribution in [0.25, 0.3) is 0 Å². The van der Waals surface area contributed by atoms with E-state index in [2.05, 4.69) is 54.5 Å². The summed E-state index contributed by atoms with van der Waals surface area (Å²) in [4.78, 5) is 14.8. The SMILES string of the molecule is O=C(c1cc(I)ccc1Br)N(CCBr)C1CCCC1. The van der Waals surface area contributed by atoms with Gasteiger partial charge in [-0.1, -0.05) is 28.8 Å². The predicted octanol–water partition coefficient (Wildman–Crippen LogP) is 4.83. The zero-order chi connectivity index (χ0) is 13.8. The summed E-state index contributed by atoms with van der Waals surface area (Å²) in [5.74, 6) is 0.150. The monoisotopic (exact) mass is 499 g/mol. The maximum atomic E-state index is 12.8. The highest BCUT2D eigenvalue weighted by Gasteiger charge is 2.27. The molecule has 1 aromatic rings. The Morgan fingerprint density at radius 2 is 2.05 bits per heavy atom. The molecule has 5 heteroatoms. The highest BCUT2D eigenvalue weighted by atomic mass is 127. The van der Waals surface area contributed by atoms with Gasteiger partial charge in [0.25, 0.3) is 5.91 Å². The lowest BCUT2D eigenvalue weighted by atomic mass is 10.1. The van der Waals surface area contributed by atoms with Crippen molar-refractivity contribution in [1.82, 2.24) is 4.90 Å². The number of hydrogen-bond acceptors (Lipinski definition) is 1. The van der Waals surface area contributed by atoms with E-state index < -0.39 is 0 Å². The summed E-state index contributed by atoms with van der Waals surface area (Å²) in [6.07, 6.45) is 4.76. The van der Waals surface area contributed by atoms with Gasteiger partial charge < -0.3 is 4.90 Å². The maximum Gasteiger partial charge on any atom is 0.255 e. The molecule has 1 saturated carbocycles. The molecule has 104 valence electrons. The van der Waals surface area contributed by atoms with E-state index >= 15 is 0 Å². The van der Waals surface area contributed by atoms with Crippen LogP contribution in [-0.2, 0) is 0 Å². The zero-order valence-corrected chi connectivity index (χ0v) is 15.9. The third-order valence-electron chi connectivity index (χ3n) is 3.51. The van der Waals surface area contributed by atoms with Crippen molar-refractivity contribution in [1.29, 1.82) is 0 Å². The van der Waals surface area contributed by atoms with E-state index in [1.165, 1.54) is 12.8 Å². The average molecular weight is 501 g/mol. The van der Waals surface area contributed by atoms with Crippen molar-refractivity contribution < 1.29 is 4.79 Å². The fourth-order valence-electron chi connectivity index (χ4n) is 2.57. The Bertz CT molecular complexity index is 461. The number of carbonyl (C=O) groups excluding carboxylic acids is 1. The van der Waals surface area contributed by atoms with Crippen LogP contribution in [0.4, 0.5) is 0 Å². The molecule has 0 N–H and O–H groups in total. The molecule has 2 nitrogen and oxygen atoms in total. The molecule has 0 unspecified atom stereocenters. The van der Waals surface area contributed by atoms with Gasteiger partial charge in [0.05, 0.1) is 5.56 Å². The number of carbonyl (C=O) groups is 1. The van der Waals surface area contributed by atoms with Gasteiger partial charge in [0.1, 0.15) is 0 Å². The Kier molecular flexibility index (Phi) is 6.14. The average Bonchev–Trinajstić information content (AvgIpc) is 2.92.